The van der Waals surface area contributed by atoms with E-state index in [9.17, 15) is 29.1 Å². The van der Waals surface area contributed by atoms with Gasteiger partial charge in [-0.2, -0.15) is 0 Å². The average molecular weight is 1000 g/mol. The van der Waals surface area contributed by atoms with E-state index in [2.05, 4.69) is 25.6 Å². The largest absolute Gasteiger partial charge is 0.458 e. The number of esters is 1. The van der Waals surface area contributed by atoms with Gasteiger partial charge in [0, 0.05) is 67.2 Å². The van der Waals surface area contributed by atoms with Crippen LogP contribution in [0.25, 0.3) is 17.5 Å². The molecule has 6 rings (SSSR count). The predicted molar refractivity (Wildman–Crippen MR) is 266 cm³/mol. The Morgan fingerprint density at radius 3 is 2.32 bits per heavy atom. The number of ketones is 1. The standard InChI is InChI=1S/C53H73N7O12/c1-12-40-53(9)44(58-50(65)72-53)33(5)41(61)31(3)28-52(8,71-49(64)57-24-15-17-36-19-21-38(22-20-36)46-55-25-16-26-56-46)45(70-48-42(62)39(59(10)11)27-32(4)67-48)34(6)43(35(7)47(63)68-40)69-51(66)60(13-2)30-37-18-14-23-54-29-37/h14-23,25-26,29,31-35,39-40,42-45,48,62H,12-13,24,27-28,30H2,1-11H3,(H,57,64)(H,58,65)/b17-15+/t31-,32-,33+,34+,35-,39+,40-,42-,43+,44-,45-,48+,52-,53-/m1/s1. The number of aliphatic hydroxyl groups excluding tert-OH is 1. The number of aliphatic hydroxyl groups is 1. The zero-order valence-corrected chi connectivity index (χ0v) is 43.4. The van der Waals surface area contributed by atoms with Crippen molar-refractivity contribution in [2.24, 2.45) is 23.7 Å². The van der Waals surface area contributed by atoms with E-state index in [-0.39, 0.29) is 38.3 Å². The summed E-state index contributed by atoms with van der Waals surface area (Å²) in [4.78, 5) is 87.5. The quantitative estimate of drug-likeness (QED) is 0.121. The molecule has 3 amide bonds. The van der Waals surface area contributed by atoms with Crippen molar-refractivity contribution in [3.63, 3.8) is 0 Å². The number of nitrogens with one attached hydrogen (secondary N) is 2. The third-order valence-corrected chi connectivity index (χ3v) is 14.3. The summed E-state index contributed by atoms with van der Waals surface area (Å²) in [7, 11) is 3.67. The molecule has 19 heteroatoms. The molecule has 1 aromatic carbocycles. The van der Waals surface area contributed by atoms with Crippen LogP contribution in [0.2, 0.25) is 0 Å². The van der Waals surface area contributed by atoms with Crippen molar-refractivity contribution in [3.8, 4) is 11.4 Å². The van der Waals surface area contributed by atoms with E-state index in [1.54, 1.807) is 98.4 Å². The van der Waals surface area contributed by atoms with Crippen LogP contribution in [0.15, 0.2) is 73.3 Å². The molecule has 3 saturated heterocycles. The Morgan fingerprint density at radius 2 is 1.68 bits per heavy atom. The monoisotopic (exact) mass is 1000 g/mol. The Balaban J connectivity index is 1.42. The fraction of sp³-hybridized carbons (Fsp3) is 0.585. The van der Waals surface area contributed by atoms with Gasteiger partial charge in [-0.3, -0.25) is 14.6 Å². The molecule has 0 radical (unpaired) electrons. The molecule has 72 heavy (non-hydrogen) atoms. The number of benzene rings is 1. The predicted octanol–water partition coefficient (Wildman–Crippen LogP) is 6.58. The SMILES string of the molecule is CC[C@H]1OC(=O)[C@H](C)[C@@H](OC(=O)N(CC)Cc2cccnc2)[C@H](C)[C@@H](O[C@@H]2O[C@H](C)C[C@H](N(C)C)[C@H]2O)[C@](C)(OC(=O)NC/C=C/c2ccc(-c3ncccn3)cc2)C[C@@H](C)C(=O)[C@H](C)[C@H]2NC(=O)O[C@@]21C. The van der Waals surface area contributed by atoms with Gasteiger partial charge in [-0.05, 0) is 91.2 Å². The first-order valence-corrected chi connectivity index (χ1v) is 24.9. The summed E-state index contributed by atoms with van der Waals surface area (Å²) in [6, 6.07) is 11.5. The topological polar surface area (TPSA) is 230 Å². The number of nitrogens with zero attached hydrogens (tertiary/aromatic N) is 5. The van der Waals surface area contributed by atoms with Gasteiger partial charge in [0.1, 0.15) is 35.8 Å². The number of aromatic nitrogens is 3. The molecule has 392 valence electrons. The molecule has 14 atom stereocenters. The number of hydrogen-bond acceptors (Lipinski definition) is 16. The number of cyclic esters (lactones) is 1. The second kappa shape index (κ2) is 24.1. The second-order valence-corrected chi connectivity index (χ2v) is 20.0. The van der Waals surface area contributed by atoms with E-state index < -0.39 is 108 Å². The lowest BCUT2D eigenvalue weighted by atomic mass is 9.73. The van der Waals surface area contributed by atoms with Crippen LogP contribution in [0.1, 0.15) is 92.7 Å². The number of rotatable bonds is 13. The summed E-state index contributed by atoms with van der Waals surface area (Å²) >= 11 is 0. The Kier molecular flexibility index (Phi) is 18.5. The van der Waals surface area contributed by atoms with Crippen molar-refractivity contribution in [1.82, 2.24) is 35.4 Å². The molecule has 0 spiro atoms. The highest BCUT2D eigenvalue weighted by Gasteiger charge is 2.58. The van der Waals surface area contributed by atoms with Crippen LogP contribution in [0.4, 0.5) is 14.4 Å². The molecule has 2 aromatic heterocycles. The lowest BCUT2D eigenvalue weighted by Gasteiger charge is -2.48. The van der Waals surface area contributed by atoms with Gasteiger partial charge < -0.3 is 54.0 Å². The van der Waals surface area contributed by atoms with Crippen molar-refractivity contribution in [1.29, 1.82) is 0 Å². The normalized spacial score (nSPS) is 32.4. The molecule has 19 nitrogen and oxygen atoms in total. The van der Waals surface area contributed by atoms with Crippen LogP contribution in [-0.2, 0) is 44.6 Å². The van der Waals surface area contributed by atoms with Crippen molar-refractivity contribution in [3.05, 3.63) is 84.5 Å². The van der Waals surface area contributed by atoms with Crippen molar-refractivity contribution in [2.45, 2.75) is 148 Å². The Morgan fingerprint density at radius 1 is 0.972 bits per heavy atom. The van der Waals surface area contributed by atoms with Gasteiger partial charge in [-0.1, -0.05) is 70.2 Å². The highest BCUT2D eigenvalue weighted by Crippen LogP contribution is 2.42. The molecule has 3 aliphatic rings. The first-order chi connectivity index (χ1) is 34.2. The molecule has 5 heterocycles. The number of fused-ring (bicyclic) bond motifs is 1. The number of carbonyl (C=O) groups is 5. The summed E-state index contributed by atoms with van der Waals surface area (Å²) in [5.74, 6) is -4.57. The summed E-state index contributed by atoms with van der Waals surface area (Å²) in [5.41, 5.74) is -0.864. The number of likely N-dealkylation sites (N-methyl/N-ethyl adjacent to an activating group) is 1. The fourth-order valence-electron chi connectivity index (χ4n) is 10.4. The molecule has 0 unspecified atom stereocenters. The van der Waals surface area contributed by atoms with E-state index in [1.807, 2.05) is 62.3 Å². The number of alkyl carbamates (subject to hydrolysis) is 2. The Hall–Kier alpha value is -6.02. The van der Waals surface area contributed by atoms with Gasteiger partial charge in [0.05, 0.1) is 24.6 Å². The minimum atomic E-state index is -1.79. The van der Waals surface area contributed by atoms with Crippen LogP contribution >= 0.6 is 0 Å². The molecule has 3 fully saturated rings. The number of ether oxygens (including phenoxy) is 6. The molecule has 3 N–H and O–H groups in total. The van der Waals surface area contributed by atoms with Gasteiger partial charge in [0.15, 0.2) is 17.7 Å². The van der Waals surface area contributed by atoms with Crippen molar-refractivity contribution >= 4 is 36.1 Å². The molecule has 0 saturated carbocycles. The van der Waals surface area contributed by atoms with E-state index in [1.165, 1.54) is 4.90 Å². The van der Waals surface area contributed by atoms with Gasteiger partial charge >= 0.3 is 24.2 Å². The van der Waals surface area contributed by atoms with Crippen LogP contribution < -0.4 is 10.6 Å². The molecule has 3 aliphatic heterocycles. The molecule has 0 aliphatic carbocycles. The zero-order valence-electron chi connectivity index (χ0n) is 43.4. The van der Waals surface area contributed by atoms with E-state index in [0.717, 1.165) is 16.7 Å². The van der Waals surface area contributed by atoms with Crippen LogP contribution in [0.3, 0.4) is 0 Å². The van der Waals surface area contributed by atoms with E-state index in [0.29, 0.717) is 12.2 Å². The molecular weight excluding hydrogens is 927 g/mol. The zero-order chi connectivity index (χ0) is 52.5. The highest BCUT2D eigenvalue weighted by atomic mass is 16.7. The lowest BCUT2D eigenvalue weighted by molar-refractivity contribution is -0.298. The minimum absolute atomic E-state index is 0.0307. The number of carbonyl (C=O) groups excluding carboxylic acids is 5. The number of Topliss-reactive ketones (excluding diaryl/α,β-unsaturated/α-hetero) is 1. The molecule has 3 aromatic rings. The third-order valence-electron chi connectivity index (χ3n) is 14.3. The number of hydrogen-bond donors (Lipinski definition) is 3. The van der Waals surface area contributed by atoms with Crippen molar-refractivity contribution < 1.29 is 57.5 Å². The van der Waals surface area contributed by atoms with E-state index >= 15 is 0 Å². The summed E-state index contributed by atoms with van der Waals surface area (Å²) in [5, 5.41) is 17.6. The third kappa shape index (κ3) is 13.0. The van der Waals surface area contributed by atoms with Crippen LogP contribution in [-0.4, -0.2) is 147 Å². The maximum absolute atomic E-state index is 14.8. The Bertz CT molecular complexity index is 2340. The fourth-order valence-corrected chi connectivity index (χ4v) is 10.4. The lowest BCUT2D eigenvalue weighted by Crippen LogP contribution is -2.61. The average Bonchev–Trinajstić information content (AvgIpc) is 3.68. The van der Waals surface area contributed by atoms with Gasteiger partial charge in [0.2, 0.25) is 0 Å². The first-order valence-electron chi connectivity index (χ1n) is 24.9. The number of amides is 3. The van der Waals surface area contributed by atoms with Gasteiger partial charge in [0.25, 0.3) is 0 Å². The molecule has 0 bridgehead atoms. The highest BCUT2D eigenvalue weighted by molar-refractivity contribution is 5.85. The maximum Gasteiger partial charge on any atom is 0.410 e. The minimum Gasteiger partial charge on any atom is -0.458 e. The first kappa shape index (κ1) is 55.3. The van der Waals surface area contributed by atoms with Crippen LogP contribution in [0.5, 0.6) is 0 Å². The smallest absolute Gasteiger partial charge is 0.410 e. The van der Waals surface area contributed by atoms with Gasteiger partial charge in [-0.15, -0.1) is 0 Å². The molecular formula is C53H73N7O12. The van der Waals surface area contributed by atoms with Crippen molar-refractivity contribution in [2.75, 3.05) is 27.2 Å². The Labute approximate surface area is 422 Å². The maximum atomic E-state index is 14.8. The summed E-state index contributed by atoms with van der Waals surface area (Å²) < 4.78 is 38.4. The van der Waals surface area contributed by atoms with E-state index in [4.69, 9.17) is 28.4 Å². The number of pyridine rings is 1. The summed E-state index contributed by atoms with van der Waals surface area (Å²) in [6.07, 6.45) is 1.56. The second-order valence-electron chi connectivity index (χ2n) is 20.0. The van der Waals surface area contributed by atoms with Gasteiger partial charge in [-0.25, -0.2) is 24.4 Å². The summed E-state index contributed by atoms with van der Waals surface area (Å²) in [6.45, 7) is 15.7. The van der Waals surface area contributed by atoms with Crippen LogP contribution in [0, 0.1) is 23.7 Å².